The minimum Gasteiger partial charge on any atom is -0.253 e. The standard InChI is InChI=1S/C12H9N3S/c1-8-7-16-10-6-14-12(15-11(8)10)9-4-2-3-5-13-9/h2-7H,1H3. The van der Waals surface area contributed by atoms with Crippen LogP contribution >= 0.6 is 11.3 Å². The fraction of sp³-hybridized carbons (Fsp3) is 0.0833. The maximum atomic E-state index is 4.54. The molecule has 4 heteroatoms. The zero-order chi connectivity index (χ0) is 11.0. The molecule has 3 rings (SSSR count). The van der Waals surface area contributed by atoms with Gasteiger partial charge in [0.25, 0.3) is 0 Å². The summed E-state index contributed by atoms with van der Waals surface area (Å²) in [4.78, 5) is 13.1. The van der Waals surface area contributed by atoms with Crippen LogP contribution in [0.1, 0.15) is 5.56 Å². The summed E-state index contributed by atoms with van der Waals surface area (Å²) in [5.74, 6) is 0.689. The van der Waals surface area contributed by atoms with Gasteiger partial charge in [0, 0.05) is 12.4 Å². The maximum absolute atomic E-state index is 4.54. The summed E-state index contributed by atoms with van der Waals surface area (Å²) in [5.41, 5.74) is 3.04. The fourth-order valence-corrected chi connectivity index (χ4v) is 2.41. The largest absolute Gasteiger partial charge is 0.253 e. The average molecular weight is 227 g/mol. The van der Waals surface area contributed by atoms with E-state index in [-0.39, 0.29) is 0 Å². The molecule has 78 valence electrons. The molecular weight excluding hydrogens is 218 g/mol. The topological polar surface area (TPSA) is 38.7 Å². The van der Waals surface area contributed by atoms with Crippen LogP contribution < -0.4 is 0 Å². The van der Waals surface area contributed by atoms with Gasteiger partial charge >= 0.3 is 0 Å². The quantitative estimate of drug-likeness (QED) is 0.641. The normalized spacial score (nSPS) is 10.8. The van der Waals surface area contributed by atoms with Crippen molar-refractivity contribution in [2.45, 2.75) is 6.92 Å². The monoisotopic (exact) mass is 227 g/mol. The third-order valence-corrected chi connectivity index (χ3v) is 3.41. The van der Waals surface area contributed by atoms with Crippen molar-refractivity contribution in [3.63, 3.8) is 0 Å². The molecule has 0 aromatic carbocycles. The van der Waals surface area contributed by atoms with Crippen molar-refractivity contribution in [2.75, 3.05) is 0 Å². The number of hydrogen-bond donors (Lipinski definition) is 0. The van der Waals surface area contributed by atoms with Gasteiger partial charge < -0.3 is 0 Å². The van der Waals surface area contributed by atoms with E-state index in [1.807, 2.05) is 24.4 Å². The van der Waals surface area contributed by atoms with Gasteiger partial charge in [-0.2, -0.15) is 0 Å². The van der Waals surface area contributed by atoms with E-state index in [1.165, 1.54) is 5.56 Å². The Bertz CT molecular complexity index is 631. The molecule has 3 aromatic heterocycles. The van der Waals surface area contributed by atoms with Crippen molar-refractivity contribution in [1.82, 2.24) is 15.0 Å². The molecule has 0 atom stereocenters. The van der Waals surface area contributed by atoms with E-state index in [0.29, 0.717) is 5.82 Å². The van der Waals surface area contributed by atoms with E-state index < -0.39 is 0 Å². The number of aromatic nitrogens is 3. The molecule has 0 fully saturated rings. The van der Waals surface area contributed by atoms with Gasteiger partial charge in [-0.3, -0.25) is 4.98 Å². The number of hydrogen-bond acceptors (Lipinski definition) is 4. The number of thiophene rings is 1. The highest BCUT2D eigenvalue weighted by Gasteiger charge is 2.06. The van der Waals surface area contributed by atoms with Crippen LogP contribution in [0.5, 0.6) is 0 Å². The highest BCUT2D eigenvalue weighted by atomic mass is 32.1. The molecule has 0 aliphatic heterocycles. The molecule has 0 N–H and O–H groups in total. The van der Waals surface area contributed by atoms with Crippen LogP contribution in [0.3, 0.4) is 0 Å². The second-order valence-electron chi connectivity index (χ2n) is 3.54. The number of rotatable bonds is 1. The Hall–Kier alpha value is -1.81. The molecular formula is C12H9N3S. The van der Waals surface area contributed by atoms with Crippen molar-refractivity contribution in [2.24, 2.45) is 0 Å². The van der Waals surface area contributed by atoms with Gasteiger partial charge in [0.2, 0.25) is 0 Å². The molecule has 0 saturated heterocycles. The van der Waals surface area contributed by atoms with Crippen LogP contribution in [0.4, 0.5) is 0 Å². The Morgan fingerprint density at radius 1 is 1.19 bits per heavy atom. The maximum Gasteiger partial charge on any atom is 0.178 e. The van der Waals surface area contributed by atoms with E-state index >= 15 is 0 Å². The van der Waals surface area contributed by atoms with Crippen molar-refractivity contribution in [1.29, 1.82) is 0 Å². The predicted molar refractivity (Wildman–Crippen MR) is 65.4 cm³/mol. The summed E-state index contributed by atoms with van der Waals surface area (Å²) in [6.45, 7) is 2.06. The molecule has 0 saturated carbocycles. The van der Waals surface area contributed by atoms with Crippen molar-refractivity contribution in [3.8, 4) is 11.5 Å². The van der Waals surface area contributed by atoms with Gasteiger partial charge in [-0.25, -0.2) is 9.97 Å². The molecule has 16 heavy (non-hydrogen) atoms. The smallest absolute Gasteiger partial charge is 0.178 e. The lowest BCUT2D eigenvalue weighted by molar-refractivity contribution is 1.18. The molecule has 3 nitrogen and oxygen atoms in total. The van der Waals surface area contributed by atoms with E-state index in [2.05, 4.69) is 27.3 Å². The zero-order valence-corrected chi connectivity index (χ0v) is 9.53. The van der Waals surface area contributed by atoms with Crippen LogP contribution in [0.15, 0.2) is 36.0 Å². The van der Waals surface area contributed by atoms with Crippen LogP contribution in [-0.2, 0) is 0 Å². The fourth-order valence-electron chi connectivity index (χ4n) is 1.57. The predicted octanol–water partition coefficient (Wildman–Crippen LogP) is 3.06. The molecule has 0 spiro atoms. The Balaban J connectivity index is 2.22. The first-order valence-electron chi connectivity index (χ1n) is 4.97. The third kappa shape index (κ3) is 1.47. The Labute approximate surface area is 96.8 Å². The lowest BCUT2D eigenvalue weighted by Crippen LogP contribution is -1.90. The molecule has 0 unspecified atom stereocenters. The Morgan fingerprint density at radius 2 is 2.12 bits per heavy atom. The molecule has 3 aromatic rings. The molecule has 0 aliphatic rings. The molecule has 0 radical (unpaired) electrons. The first kappa shape index (κ1) is 9.42. The highest BCUT2D eigenvalue weighted by Crippen LogP contribution is 2.24. The Kier molecular flexibility index (Phi) is 2.15. The molecule has 0 amide bonds. The summed E-state index contributed by atoms with van der Waals surface area (Å²) >= 11 is 1.67. The van der Waals surface area contributed by atoms with Crippen LogP contribution in [0.2, 0.25) is 0 Å². The van der Waals surface area contributed by atoms with Gasteiger partial charge in [0.15, 0.2) is 5.82 Å². The summed E-state index contributed by atoms with van der Waals surface area (Å²) < 4.78 is 1.12. The molecule has 0 bridgehead atoms. The summed E-state index contributed by atoms with van der Waals surface area (Å²) in [6.07, 6.45) is 3.62. The van der Waals surface area contributed by atoms with Gasteiger partial charge in [0.1, 0.15) is 5.69 Å². The molecule has 3 heterocycles. The second kappa shape index (κ2) is 3.64. The lowest BCUT2D eigenvalue weighted by atomic mass is 10.3. The SMILES string of the molecule is Cc1csc2cnc(-c3ccccn3)nc12. The molecule has 0 aliphatic carbocycles. The van der Waals surface area contributed by atoms with Gasteiger partial charge in [-0.15, -0.1) is 11.3 Å². The summed E-state index contributed by atoms with van der Waals surface area (Å²) in [6, 6.07) is 5.75. The zero-order valence-electron chi connectivity index (χ0n) is 8.71. The van der Waals surface area contributed by atoms with Crippen LogP contribution in [0, 0.1) is 6.92 Å². The van der Waals surface area contributed by atoms with Crippen molar-refractivity contribution < 1.29 is 0 Å². The lowest BCUT2D eigenvalue weighted by Gasteiger charge is -1.98. The first-order chi connectivity index (χ1) is 7.84. The van der Waals surface area contributed by atoms with Crippen LogP contribution in [0.25, 0.3) is 21.7 Å². The average Bonchev–Trinajstić information content (AvgIpc) is 2.72. The van der Waals surface area contributed by atoms with Crippen LogP contribution in [-0.4, -0.2) is 15.0 Å². The highest BCUT2D eigenvalue weighted by molar-refractivity contribution is 7.17. The van der Waals surface area contributed by atoms with Crippen molar-refractivity contribution >= 4 is 21.6 Å². The van der Waals surface area contributed by atoms with Crippen molar-refractivity contribution in [3.05, 3.63) is 41.5 Å². The number of aryl methyl sites for hydroxylation is 1. The first-order valence-corrected chi connectivity index (χ1v) is 5.85. The number of pyridine rings is 1. The van der Waals surface area contributed by atoms with Gasteiger partial charge in [-0.05, 0) is 30.0 Å². The van der Waals surface area contributed by atoms with Gasteiger partial charge in [-0.1, -0.05) is 6.07 Å². The van der Waals surface area contributed by atoms with E-state index in [4.69, 9.17) is 0 Å². The number of fused-ring (bicyclic) bond motifs is 1. The minimum absolute atomic E-state index is 0.689. The minimum atomic E-state index is 0.689. The summed E-state index contributed by atoms with van der Waals surface area (Å²) in [5, 5.41) is 2.10. The number of nitrogens with zero attached hydrogens (tertiary/aromatic N) is 3. The van der Waals surface area contributed by atoms with Gasteiger partial charge in [0.05, 0.1) is 10.2 Å². The van der Waals surface area contributed by atoms with E-state index in [9.17, 15) is 0 Å². The van der Waals surface area contributed by atoms with E-state index in [0.717, 1.165) is 15.9 Å². The second-order valence-corrected chi connectivity index (χ2v) is 4.45. The summed E-state index contributed by atoms with van der Waals surface area (Å²) in [7, 11) is 0. The third-order valence-electron chi connectivity index (χ3n) is 2.39. The van der Waals surface area contributed by atoms with E-state index in [1.54, 1.807) is 17.5 Å². The Morgan fingerprint density at radius 3 is 2.94 bits per heavy atom.